The topological polar surface area (TPSA) is 39.1 Å². The van der Waals surface area contributed by atoms with Crippen LogP contribution in [0.3, 0.4) is 0 Å². The van der Waals surface area contributed by atoms with E-state index >= 15 is 0 Å². The number of hydrogen-bond donors (Lipinski definition) is 1. The van der Waals surface area contributed by atoms with Gasteiger partial charge in [0.1, 0.15) is 11.6 Å². The number of fused-ring (bicyclic) bond motifs is 1. The van der Waals surface area contributed by atoms with Gasteiger partial charge >= 0.3 is 0 Å². The number of imidazole rings is 1. The summed E-state index contributed by atoms with van der Waals surface area (Å²) in [5, 5.41) is 3.43. The minimum Gasteiger partial charge on any atom is -0.497 e. The summed E-state index contributed by atoms with van der Waals surface area (Å²) in [5.41, 5.74) is 2.16. The molecule has 0 aliphatic rings. The standard InChI is InChI=1S/C15H23N3O/c1-10(2)16-9-15-17-13-8-12(19-5)6-7-14(13)18(15)11(3)4/h6-8,10-11,16H,9H2,1-5H3. The number of benzene rings is 1. The van der Waals surface area contributed by atoms with Gasteiger partial charge in [-0.2, -0.15) is 0 Å². The van der Waals surface area contributed by atoms with Crippen LogP contribution in [0.1, 0.15) is 39.6 Å². The Morgan fingerprint density at radius 2 is 2.00 bits per heavy atom. The molecule has 2 rings (SSSR count). The molecular formula is C15H23N3O. The lowest BCUT2D eigenvalue weighted by atomic mass is 10.2. The number of rotatable bonds is 5. The van der Waals surface area contributed by atoms with Crippen LogP contribution in [-0.4, -0.2) is 22.7 Å². The largest absolute Gasteiger partial charge is 0.497 e. The van der Waals surface area contributed by atoms with E-state index in [1.165, 1.54) is 0 Å². The van der Waals surface area contributed by atoms with E-state index in [9.17, 15) is 0 Å². The van der Waals surface area contributed by atoms with E-state index in [1.807, 2.05) is 12.1 Å². The maximum Gasteiger partial charge on any atom is 0.124 e. The number of nitrogens with zero attached hydrogens (tertiary/aromatic N) is 2. The highest BCUT2D eigenvalue weighted by Crippen LogP contribution is 2.24. The summed E-state index contributed by atoms with van der Waals surface area (Å²) < 4.78 is 7.55. The van der Waals surface area contributed by atoms with Crippen molar-refractivity contribution in [2.45, 2.75) is 46.3 Å². The number of methoxy groups -OCH3 is 1. The molecule has 0 amide bonds. The molecule has 0 saturated heterocycles. The number of hydrogen-bond acceptors (Lipinski definition) is 3. The molecule has 4 heteroatoms. The fourth-order valence-electron chi connectivity index (χ4n) is 2.25. The van der Waals surface area contributed by atoms with Crippen LogP contribution >= 0.6 is 0 Å². The lowest BCUT2D eigenvalue weighted by Crippen LogP contribution is -2.24. The zero-order valence-electron chi connectivity index (χ0n) is 12.4. The van der Waals surface area contributed by atoms with E-state index in [1.54, 1.807) is 7.11 Å². The molecule has 0 unspecified atom stereocenters. The van der Waals surface area contributed by atoms with Crippen molar-refractivity contribution in [1.82, 2.24) is 14.9 Å². The predicted octanol–water partition coefficient (Wildman–Crippen LogP) is 3.12. The predicted molar refractivity (Wildman–Crippen MR) is 78.6 cm³/mol. The Bertz CT molecular complexity index is 558. The van der Waals surface area contributed by atoms with Crippen LogP contribution < -0.4 is 10.1 Å². The molecule has 1 aromatic carbocycles. The lowest BCUT2D eigenvalue weighted by Gasteiger charge is -2.14. The minimum atomic E-state index is 0.391. The van der Waals surface area contributed by atoms with Crippen molar-refractivity contribution in [1.29, 1.82) is 0 Å². The van der Waals surface area contributed by atoms with Gasteiger partial charge < -0.3 is 14.6 Å². The highest BCUT2D eigenvalue weighted by Gasteiger charge is 2.13. The Morgan fingerprint density at radius 1 is 1.26 bits per heavy atom. The Labute approximate surface area is 114 Å². The third-order valence-electron chi connectivity index (χ3n) is 3.15. The Balaban J connectivity index is 2.46. The molecule has 104 valence electrons. The fraction of sp³-hybridized carbons (Fsp3) is 0.533. The van der Waals surface area contributed by atoms with E-state index in [-0.39, 0.29) is 0 Å². The average molecular weight is 261 g/mol. The summed E-state index contributed by atoms with van der Waals surface area (Å²) in [6, 6.07) is 6.91. The van der Waals surface area contributed by atoms with Gasteiger partial charge in [0.2, 0.25) is 0 Å². The fourth-order valence-corrected chi connectivity index (χ4v) is 2.25. The molecule has 0 atom stereocenters. The molecule has 0 spiro atoms. The van der Waals surface area contributed by atoms with Crippen molar-refractivity contribution in [2.24, 2.45) is 0 Å². The molecule has 2 aromatic rings. The molecular weight excluding hydrogens is 238 g/mol. The second-order valence-corrected chi connectivity index (χ2v) is 5.38. The first-order valence-corrected chi connectivity index (χ1v) is 6.81. The monoisotopic (exact) mass is 261 g/mol. The molecule has 0 saturated carbocycles. The van der Waals surface area contributed by atoms with E-state index in [0.29, 0.717) is 12.1 Å². The van der Waals surface area contributed by atoms with Gasteiger partial charge in [-0.25, -0.2) is 4.98 Å². The Hall–Kier alpha value is -1.55. The third kappa shape index (κ3) is 2.89. The van der Waals surface area contributed by atoms with Crippen molar-refractivity contribution in [3.8, 4) is 5.75 Å². The molecule has 0 radical (unpaired) electrons. The second-order valence-electron chi connectivity index (χ2n) is 5.38. The van der Waals surface area contributed by atoms with Crippen molar-refractivity contribution < 1.29 is 4.74 Å². The first-order chi connectivity index (χ1) is 9.02. The van der Waals surface area contributed by atoms with Crippen LogP contribution in [0.25, 0.3) is 11.0 Å². The van der Waals surface area contributed by atoms with Crippen LogP contribution in [0.4, 0.5) is 0 Å². The summed E-state index contributed by atoms with van der Waals surface area (Å²) in [6.45, 7) is 9.44. The van der Waals surface area contributed by atoms with Gasteiger partial charge in [0.15, 0.2) is 0 Å². The highest BCUT2D eigenvalue weighted by atomic mass is 16.5. The molecule has 1 heterocycles. The van der Waals surface area contributed by atoms with E-state index in [4.69, 9.17) is 9.72 Å². The SMILES string of the molecule is COc1ccc2c(c1)nc(CNC(C)C)n2C(C)C. The molecule has 0 bridgehead atoms. The smallest absolute Gasteiger partial charge is 0.124 e. The van der Waals surface area contributed by atoms with Crippen LogP contribution in [0, 0.1) is 0 Å². The van der Waals surface area contributed by atoms with Gasteiger partial charge in [0.05, 0.1) is 24.7 Å². The summed E-state index contributed by atoms with van der Waals surface area (Å²) >= 11 is 0. The zero-order valence-corrected chi connectivity index (χ0v) is 12.4. The van der Waals surface area contributed by atoms with Crippen molar-refractivity contribution in [2.75, 3.05) is 7.11 Å². The molecule has 1 N–H and O–H groups in total. The number of nitrogens with one attached hydrogen (secondary N) is 1. The van der Waals surface area contributed by atoms with Gasteiger partial charge in [0.25, 0.3) is 0 Å². The van der Waals surface area contributed by atoms with Crippen molar-refractivity contribution in [3.05, 3.63) is 24.0 Å². The first-order valence-electron chi connectivity index (χ1n) is 6.81. The Morgan fingerprint density at radius 3 is 2.58 bits per heavy atom. The van der Waals surface area contributed by atoms with Crippen LogP contribution in [-0.2, 0) is 6.54 Å². The minimum absolute atomic E-state index is 0.391. The van der Waals surface area contributed by atoms with Crippen molar-refractivity contribution in [3.63, 3.8) is 0 Å². The Kier molecular flexibility index (Phi) is 4.10. The molecule has 0 aliphatic carbocycles. The van der Waals surface area contributed by atoms with Gasteiger partial charge in [-0.1, -0.05) is 13.8 Å². The van der Waals surface area contributed by atoms with Crippen LogP contribution in [0.5, 0.6) is 5.75 Å². The summed E-state index contributed by atoms with van der Waals surface area (Å²) in [7, 11) is 1.68. The maximum atomic E-state index is 5.27. The maximum absolute atomic E-state index is 5.27. The zero-order chi connectivity index (χ0) is 14.0. The molecule has 4 nitrogen and oxygen atoms in total. The molecule has 1 aromatic heterocycles. The normalized spacial score (nSPS) is 11.7. The molecule has 19 heavy (non-hydrogen) atoms. The average Bonchev–Trinajstić information content (AvgIpc) is 2.73. The summed E-state index contributed by atoms with van der Waals surface area (Å²) in [4.78, 5) is 4.73. The molecule has 0 fully saturated rings. The molecule has 0 aliphatic heterocycles. The van der Waals surface area contributed by atoms with Gasteiger partial charge in [-0.05, 0) is 26.0 Å². The lowest BCUT2D eigenvalue weighted by molar-refractivity contribution is 0.415. The van der Waals surface area contributed by atoms with Crippen LogP contribution in [0.2, 0.25) is 0 Å². The van der Waals surface area contributed by atoms with Gasteiger partial charge in [-0.3, -0.25) is 0 Å². The van der Waals surface area contributed by atoms with E-state index in [2.05, 4.69) is 43.6 Å². The number of ether oxygens (including phenoxy) is 1. The highest BCUT2D eigenvalue weighted by molar-refractivity contribution is 5.78. The first kappa shape index (κ1) is 13.9. The summed E-state index contributed by atoms with van der Waals surface area (Å²) in [5.74, 6) is 1.93. The van der Waals surface area contributed by atoms with Crippen molar-refractivity contribution >= 4 is 11.0 Å². The van der Waals surface area contributed by atoms with Gasteiger partial charge in [-0.15, -0.1) is 0 Å². The van der Waals surface area contributed by atoms with Crippen LogP contribution in [0.15, 0.2) is 18.2 Å². The van der Waals surface area contributed by atoms with E-state index < -0.39 is 0 Å². The third-order valence-corrected chi connectivity index (χ3v) is 3.15. The number of aromatic nitrogens is 2. The van der Waals surface area contributed by atoms with Gasteiger partial charge in [0, 0.05) is 18.2 Å². The summed E-state index contributed by atoms with van der Waals surface area (Å²) in [6.07, 6.45) is 0. The van der Waals surface area contributed by atoms with E-state index in [0.717, 1.165) is 29.2 Å². The second kappa shape index (κ2) is 5.61. The quantitative estimate of drug-likeness (QED) is 0.898.